The van der Waals surface area contributed by atoms with Crippen LogP contribution in [0, 0.1) is 5.41 Å². The van der Waals surface area contributed by atoms with Gasteiger partial charge in [0.15, 0.2) is 0 Å². The summed E-state index contributed by atoms with van der Waals surface area (Å²) in [4.78, 5) is 0. The van der Waals surface area contributed by atoms with Gasteiger partial charge in [0.1, 0.15) is 5.75 Å². The summed E-state index contributed by atoms with van der Waals surface area (Å²) in [6, 6.07) is 8.67. The van der Waals surface area contributed by atoms with Crippen LogP contribution in [-0.2, 0) is 0 Å². The van der Waals surface area contributed by atoms with Gasteiger partial charge in [-0.1, -0.05) is 19.1 Å². The summed E-state index contributed by atoms with van der Waals surface area (Å²) in [5.74, 6) is 1.34. The SMILES string of the molecule is COc1ccc(C(C)C(C)NCC2(CO)CC2)cc1. The lowest BCUT2D eigenvalue weighted by molar-refractivity contribution is 0.203. The molecule has 1 aromatic rings. The minimum atomic E-state index is 0.174. The van der Waals surface area contributed by atoms with Gasteiger partial charge in [0.05, 0.1) is 7.11 Å². The van der Waals surface area contributed by atoms with E-state index < -0.39 is 0 Å². The van der Waals surface area contributed by atoms with E-state index in [0.717, 1.165) is 25.1 Å². The van der Waals surface area contributed by atoms with Gasteiger partial charge in [0.25, 0.3) is 0 Å². The van der Waals surface area contributed by atoms with Crippen molar-refractivity contribution in [1.82, 2.24) is 5.32 Å². The Hall–Kier alpha value is -1.06. The van der Waals surface area contributed by atoms with Gasteiger partial charge in [-0.2, -0.15) is 0 Å². The van der Waals surface area contributed by atoms with Crippen LogP contribution in [0.5, 0.6) is 5.75 Å². The van der Waals surface area contributed by atoms with Crippen molar-refractivity contribution in [3.05, 3.63) is 29.8 Å². The summed E-state index contributed by atoms with van der Waals surface area (Å²) in [5.41, 5.74) is 1.49. The van der Waals surface area contributed by atoms with Crippen LogP contribution in [0.3, 0.4) is 0 Å². The maximum atomic E-state index is 9.33. The average Bonchev–Trinajstić information content (AvgIpc) is 3.25. The number of rotatable bonds is 7. The molecule has 3 nitrogen and oxygen atoms in total. The van der Waals surface area contributed by atoms with Crippen LogP contribution in [-0.4, -0.2) is 31.4 Å². The number of ether oxygens (including phenoxy) is 1. The first-order valence-corrected chi connectivity index (χ1v) is 7.08. The fourth-order valence-corrected chi connectivity index (χ4v) is 2.32. The molecular weight excluding hydrogens is 238 g/mol. The maximum absolute atomic E-state index is 9.33. The van der Waals surface area contributed by atoms with Crippen molar-refractivity contribution in [2.45, 2.75) is 38.6 Å². The predicted octanol–water partition coefficient (Wildman–Crippen LogP) is 2.55. The van der Waals surface area contributed by atoms with Crippen molar-refractivity contribution in [1.29, 1.82) is 0 Å². The second-order valence-corrected chi connectivity index (χ2v) is 5.89. The summed E-state index contributed by atoms with van der Waals surface area (Å²) in [6.45, 7) is 5.68. The molecule has 1 aliphatic rings. The van der Waals surface area contributed by atoms with Crippen LogP contribution in [0.25, 0.3) is 0 Å². The number of benzene rings is 1. The topological polar surface area (TPSA) is 41.5 Å². The average molecular weight is 263 g/mol. The second-order valence-electron chi connectivity index (χ2n) is 5.89. The van der Waals surface area contributed by atoms with Gasteiger partial charge in [0.2, 0.25) is 0 Å². The van der Waals surface area contributed by atoms with E-state index in [9.17, 15) is 5.11 Å². The Labute approximate surface area is 116 Å². The third kappa shape index (κ3) is 3.48. The van der Waals surface area contributed by atoms with Gasteiger partial charge < -0.3 is 15.2 Å². The van der Waals surface area contributed by atoms with E-state index >= 15 is 0 Å². The molecule has 2 atom stereocenters. The number of aliphatic hydroxyl groups is 1. The largest absolute Gasteiger partial charge is 0.497 e. The van der Waals surface area contributed by atoms with Crippen LogP contribution in [0.1, 0.15) is 38.2 Å². The molecule has 19 heavy (non-hydrogen) atoms. The van der Waals surface area contributed by atoms with E-state index in [1.54, 1.807) is 7.11 Å². The lowest BCUT2D eigenvalue weighted by Crippen LogP contribution is -2.36. The zero-order valence-electron chi connectivity index (χ0n) is 12.1. The Morgan fingerprint density at radius 2 is 1.89 bits per heavy atom. The van der Waals surface area contributed by atoms with Gasteiger partial charge in [-0.05, 0) is 43.4 Å². The van der Waals surface area contributed by atoms with Crippen molar-refractivity contribution < 1.29 is 9.84 Å². The fourth-order valence-electron chi connectivity index (χ4n) is 2.32. The quantitative estimate of drug-likeness (QED) is 0.794. The monoisotopic (exact) mass is 263 g/mol. The summed E-state index contributed by atoms with van der Waals surface area (Å²) in [7, 11) is 1.69. The molecule has 1 fully saturated rings. The highest BCUT2D eigenvalue weighted by Gasteiger charge is 2.41. The van der Waals surface area contributed by atoms with Crippen LogP contribution in [0.2, 0.25) is 0 Å². The van der Waals surface area contributed by atoms with Gasteiger partial charge in [-0.3, -0.25) is 0 Å². The normalized spacial score (nSPS) is 19.8. The van der Waals surface area contributed by atoms with E-state index in [1.165, 1.54) is 5.56 Å². The molecule has 2 rings (SSSR count). The molecule has 3 heteroatoms. The third-order valence-electron chi connectivity index (χ3n) is 4.48. The molecule has 0 spiro atoms. The summed E-state index contributed by atoms with van der Waals surface area (Å²) in [5, 5.41) is 12.9. The summed E-state index contributed by atoms with van der Waals surface area (Å²) < 4.78 is 5.18. The van der Waals surface area contributed by atoms with Crippen molar-refractivity contribution in [3.63, 3.8) is 0 Å². The van der Waals surface area contributed by atoms with Crippen LogP contribution < -0.4 is 10.1 Å². The zero-order valence-corrected chi connectivity index (χ0v) is 12.1. The molecule has 0 amide bonds. The van der Waals surface area contributed by atoms with Gasteiger partial charge in [0, 0.05) is 24.6 Å². The highest BCUT2D eigenvalue weighted by molar-refractivity contribution is 5.29. The second kappa shape index (κ2) is 5.93. The molecule has 2 unspecified atom stereocenters. The van der Waals surface area contributed by atoms with Crippen molar-refractivity contribution in [3.8, 4) is 5.75 Å². The Bertz CT molecular complexity index is 398. The van der Waals surface area contributed by atoms with Gasteiger partial charge >= 0.3 is 0 Å². The zero-order chi connectivity index (χ0) is 13.9. The molecule has 2 N–H and O–H groups in total. The number of methoxy groups -OCH3 is 1. The van der Waals surface area contributed by atoms with Crippen LogP contribution in [0.4, 0.5) is 0 Å². The minimum Gasteiger partial charge on any atom is -0.497 e. The Kier molecular flexibility index (Phi) is 4.48. The number of nitrogens with one attached hydrogen (secondary N) is 1. The molecule has 0 bridgehead atoms. The lowest BCUT2D eigenvalue weighted by Gasteiger charge is -2.24. The smallest absolute Gasteiger partial charge is 0.118 e. The van der Waals surface area contributed by atoms with E-state index in [-0.39, 0.29) is 5.41 Å². The molecule has 1 aliphatic carbocycles. The number of aliphatic hydroxyl groups excluding tert-OH is 1. The third-order valence-corrected chi connectivity index (χ3v) is 4.48. The summed E-state index contributed by atoms with van der Waals surface area (Å²) in [6.07, 6.45) is 2.31. The van der Waals surface area contributed by atoms with Gasteiger partial charge in [-0.25, -0.2) is 0 Å². The molecule has 0 aliphatic heterocycles. The molecule has 0 radical (unpaired) electrons. The van der Waals surface area contributed by atoms with Crippen LogP contribution >= 0.6 is 0 Å². The maximum Gasteiger partial charge on any atom is 0.118 e. The lowest BCUT2D eigenvalue weighted by atomic mass is 9.94. The Morgan fingerprint density at radius 3 is 2.37 bits per heavy atom. The molecule has 0 aromatic heterocycles. The van der Waals surface area contributed by atoms with E-state index in [1.807, 2.05) is 12.1 Å². The molecule has 106 valence electrons. The molecular formula is C16H25NO2. The fraction of sp³-hybridized carbons (Fsp3) is 0.625. The van der Waals surface area contributed by atoms with E-state index in [0.29, 0.717) is 18.6 Å². The first-order chi connectivity index (χ1) is 9.10. The van der Waals surface area contributed by atoms with Gasteiger partial charge in [-0.15, -0.1) is 0 Å². The first-order valence-electron chi connectivity index (χ1n) is 7.08. The molecule has 0 saturated heterocycles. The predicted molar refractivity (Wildman–Crippen MR) is 77.6 cm³/mol. The van der Waals surface area contributed by atoms with Crippen molar-refractivity contribution in [2.24, 2.45) is 5.41 Å². The highest BCUT2D eigenvalue weighted by atomic mass is 16.5. The molecule has 0 heterocycles. The van der Waals surface area contributed by atoms with Crippen LogP contribution in [0.15, 0.2) is 24.3 Å². The molecule has 1 saturated carbocycles. The van der Waals surface area contributed by atoms with Crippen molar-refractivity contribution in [2.75, 3.05) is 20.3 Å². The van der Waals surface area contributed by atoms with Crippen molar-refractivity contribution >= 4 is 0 Å². The van der Waals surface area contributed by atoms with E-state index in [2.05, 4.69) is 31.3 Å². The highest BCUT2D eigenvalue weighted by Crippen LogP contribution is 2.44. The number of hydrogen-bond donors (Lipinski definition) is 2. The number of hydrogen-bond acceptors (Lipinski definition) is 3. The summed E-state index contributed by atoms with van der Waals surface area (Å²) >= 11 is 0. The Morgan fingerprint density at radius 1 is 1.26 bits per heavy atom. The Balaban J connectivity index is 1.88. The minimum absolute atomic E-state index is 0.174. The first kappa shape index (κ1) is 14.4. The molecule has 1 aromatic carbocycles. The standard InChI is InChI=1S/C16H25NO2/c1-12(14-4-6-15(19-3)7-5-14)13(2)17-10-16(11-18)8-9-16/h4-7,12-13,17-18H,8-11H2,1-3H3. The van der Waals surface area contributed by atoms with E-state index in [4.69, 9.17) is 4.74 Å².